The molecule has 0 aliphatic rings. The van der Waals surface area contributed by atoms with E-state index >= 15 is 0 Å². The number of carbonyl (C=O) groups excluding carboxylic acids is 1. The Bertz CT molecular complexity index is 389. The summed E-state index contributed by atoms with van der Waals surface area (Å²) in [6.07, 6.45) is 1.48. The number of alkyl halides is 1. The summed E-state index contributed by atoms with van der Waals surface area (Å²) in [6, 6.07) is 7.13. The van der Waals surface area contributed by atoms with Crippen LogP contribution in [0.1, 0.15) is 12.8 Å². The molecule has 6 heteroatoms. The molecule has 106 valence electrons. The Morgan fingerprint density at radius 1 is 1.16 bits per heavy atom. The molecule has 0 aromatic heterocycles. The molecular formula is C13H18Cl2N2O2. The van der Waals surface area contributed by atoms with E-state index in [1.165, 1.54) is 0 Å². The zero-order valence-corrected chi connectivity index (χ0v) is 12.1. The summed E-state index contributed by atoms with van der Waals surface area (Å²) in [6.45, 7) is 1.65. The standard InChI is InChI=1S/C13H18Cl2N2O2/c14-7-3-8-16-13(18)17-9-4-10-19-12-6-2-1-5-11(12)15/h1-2,5-6H,3-4,7-10H2,(H2,16,17,18). The van der Waals surface area contributed by atoms with E-state index in [1.54, 1.807) is 6.07 Å². The van der Waals surface area contributed by atoms with E-state index in [1.807, 2.05) is 18.2 Å². The Morgan fingerprint density at radius 2 is 1.84 bits per heavy atom. The minimum atomic E-state index is -0.178. The van der Waals surface area contributed by atoms with Crippen LogP contribution in [0.15, 0.2) is 24.3 Å². The Labute approximate surface area is 123 Å². The third-order valence-electron chi connectivity index (χ3n) is 2.30. The second kappa shape index (κ2) is 9.75. The number of halogens is 2. The van der Waals surface area contributed by atoms with Gasteiger partial charge >= 0.3 is 6.03 Å². The van der Waals surface area contributed by atoms with Crippen molar-refractivity contribution >= 4 is 29.2 Å². The molecule has 0 unspecified atom stereocenters. The molecule has 4 nitrogen and oxygen atoms in total. The van der Waals surface area contributed by atoms with Crippen LogP contribution in [0.25, 0.3) is 0 Å². The smallest absolute Gasteiger partial charge is 0.314 e. The molecule has 0 atom stereocenters. The molecule has 0 radical (unpaired) electrons. The second-order valence-corrected chi connectivity index (χ2v) is 4.64. The van der Waals surface area contributed by atoms with Crippen molar-refractivity contribution in [2.75, 3.05) is 25.6 Å². The number of amides is 2. The van der Waals surface area contributed by atoms with Crippen molar-refractivity contribution in [3.8, 4) is 5.75 Å². The highest BCUT2D eigenvalue weighted by atomic mass is 35.5. The summed E-state index contributed by atoms with van der Waals surface area (Å²) in [7, 11) is 0. The highest BCUT2D eigenvalue weighted by Crippen LogP contribution is 2.22. The zero-order valence-electron chi connectivity index (χ0n) is 10.6. The highest BCUT2D eigenvalue weighted by molar-refractivity contribution is 6.32. The van der Waals surface area contributed by atoms with Crippen molar-refractivity contribution in [3.63, 3.8) is 0 Å². The number of nitrogens with one attached hydrogen (secondary N) is 2. The molecule has 1 rings (SSSR count). The van der Waals surface area contributed by atoms with Gasteiger partial charge in [-0.1, -0.05) is 23.7 Å². The molecule has 2 amide bonds. The minimum absolute atomic E-state index is 0.178. The van der Waals surface area contributed by atoms with Crippen LogP contribution < -0.4 is 15.4 Å². The van der Waals surface area contributed by atoms with Crippen molar-refractivity contribution in [2.24, 2.45) is 0 Å². The average molecular weight is 305 g/mol. The number of hydrogen-bond donors (Lipinski definition) is 2. The largest absolute Gasteiger partial charge is 0.492 e. The van der Waals surface area contributed by atoms with Gasteiger partial charge < -0.3 is 15.4 Å². The number of para-hydroxylation sites is 1. The van der Waals surface area contributed by atoms with Crippen LogP contribution in [-0.4, -0.2) is 31.6 Å². The van der Waals surface area contributed by atoms with Crippen LogP contribution in [0, 0.1) is 0 Å². The fourth-order valence-electron chi connectivity index (χ4n) is 1.35. The predicted molar refractivity (Wildman–Crippen MR) is 78.3 cm³/mol. The predicted octanol–water partition coefficient (Wildman–Crippen LogP) is 3.04. The van der Waals surface area contributed by atoms with Gasteiger partial charge in [-0.15, -0.1) is 11.6 Å². The Hall–Kier alpha value is -1.13. The van der Waals surface area contributed by atoms with Crippen molar-refractivity contribution in [1.29, 1.82) is 0 Å². The molecule has 19 heavy (non-hydrogen) atoms. The van der Waals surface area contributed by atoms with E-state index in [4.69, 9.17) is 27.9 Å². The molecule has 1 aromatic carbocycles. The Kier molecular flexibility index (Phi) is 8.18. The van der Waals surface area contributed by atoms with E-state index in [-0.39, 0.29) is 6.03 Å². The SMILES string of the molecule is O=C(NCCCCl)NCCCOc1ccccc1Cl. The number of hydrogen-bond acceptors (Lipinski definition) is 2. The first-order valence-electron chi connectivity index (χ1n) is 6.19. The van der Waals surface area contributed by atoms with Crippen LogP contribution in [0.5, 0.6) is 5.75 Å². The molecule has 1 aromatic rings. The van der Waals surface area contributed by atoms with Crippen LogP contribution in [0.3, 0.4) is 0 Å². The van der Waals surface area contributed by atoms with E-state index in [0.717, 1.165) is 6.42 Å². The van der Waals surface area contributed by atoms with Gasteiger partial charge in [0.2, 0.25) is 0 Å². The highest BCUT2D eigenvalue weighted by Gasteiger charge is 2.00. The Balaban J connectivity index is 2.05. The summed E-state index contributed by atoms with van der Waals surface area (Å²) >= 11 is 11.4. The van der Waals surface area contributed by atoms with Gasteiger partial charge in [0.1, 0.15) is 5.75 Å². The summed E-state index contributed by atoms with van der Waals surface area (Å²) < 4.78 is 5.50. The molecule has 0 aliphatic carbocycles. The monoisotopic (exact) mass is 304 g/mol. The third kappa shape index (κ3) is 7.13. The van der Waals surface area contributed by atoms with Gasteiger partial charge in [0.25, 0.3) is 0 Å². The molecule has 0 aliphatic heterocycles. The fraction of sp³-hybridized carbons (Fsp3) is 0.462. The average Bonchev–Trinajstić information content (AvgIpc) is 2.41. The number of carbonyl (C=O) groups is 1. The van der Waals surface area contributed by atoms with Gasteiger partial charge in [-0.2, -0.15) is 0 Å². The van der Waals surface area contributed by atoms with Crippen LogP contribution in [-0.2, 0) is 0 Å². The van der Waals surface area contributed by atoms with Crippen LogP contribution >= 0.6 is 23.2 Å². The van der Waals surface area contributed by atoms with E-state index in [2.05, 4.69) is 10.6 Å². The van der Waals surface area contributed by atoms with E-state index in [9.17, 15) is 4.79 Å². The van der Waals surface area contributed by atoms with E-state index in [0.29, 0.717) is 42.8 Å². The minimum Gasteiger partial charge on any atom is -0.492 e. The van der Waals surface area contributed by atoms with Crippen molar-refractivity contribution < 1.29 is 9.53 Å². The number of urea groups is 1. The maximum absolute atomic E-state index is 11.3. The first kappa shape index (κ1) is 15.9. The van der Waals surface area contributed by atoms with Gasteiger partial charge in [-0.05, 0) is 25.0 Å². The summed E-state index contributed by atoms with van der Waals surface area (Å²) in [5.74, 6) is 1.21. The maximum atomic E-state index is 11.3. The van der Waals surface area contributed by atoms with Gasteiger partial charge in [-0.3, -0.25) is 0 Å². The molecule has 0 bridgehead atoms. The molecule has 0 spiro atoms. The number of rotatable bonds is 8. The number of ether oxygens (including phenoxy) is 1. The lowest BCUT2D eigenvalue weighted by atomic mass is 10.3. The summed E-state index contributed by atoms with van der Waals surface area (Å²) in [4.78, 5) is 11.3. The molecule has 0 heterocycles. The number of benzene rings is 1. The van der Waals surface area contributed by atoms with Crippen molar-refractivity contribution in [2.45, 2.75) is 12.8 Å². The van der Waals surface area contributed by atoms with Gasteiger partial charge in [-0.25, -0.2) is 4.79 Å². The lowest BCUT2D eigenvalue weighted by molar-refractivity contribution is 0.239. The topological polar surface area (TPSA) is 50.4 Å². The fourth-order valence-corrected chi connectivity index (χ4v) is 1.67. The Morgan fingerprint density at radius 3 is 2.53 bits per heavy atom. The lowest BCUT2D eigenvalue weighted by Crippen LogP contribution is -2.37. The maximum Gasteiger partial charge on any atom is 0.314 e. The zero-order chi connectivity index (χ0) is 13.9. The normalized spacial score (nSPS) is 10.0. The van der Waals surface area contributed by atoms with Gasteiger partial charge in [0.15, 0.2) is 0 Å². The van der Waals surface area contributed by atoms with Crippen molar-refractivity contribution in [1.82, 2.24) is 10.6 Å². The molecular weight excluding hydrogens is 287 g/mol. The molecule has 2 N–H and O–H groups in total. The first-order valence-corrected chi connectivity index (χ1v) is 7.10. The van der Waals surface area contributed by atoms with Crippen LogP contribution in [0.2, 0.25) is 5.02 Å². The molecule has 0 saturated heterocycles. The first-order chi connectivity index (χ1) is 9.24. The molecule has 0 fully saturated rings. The second-order valence-electron chi connectivity index (χ2n) is 3.86. The quantitative estimate of drug-likeness (QED) is 0.573. The third-order valence-corrected chi connectivity index (χ3v) is 2.88. The summed E-state index contributed by atoms with van der Waals surface area (Å²) in [5.41, 5.74) is 0. The van der Waals surface area contributed by atoms with Crippen molar-refractivity contribution in [3.05, 3.63) is 29.3 Å². The van der Waals surface area contributed by atoms with Gasteiger partial charge in [0.05, 0.1) is 11.6 Å². The molecule has 0 saturated carbocycles. The van der Waals surface area contributed by atoms with Gasteiger partial charge in [0, 0.05) is 19.0 Å². The lowest BCUT2D eigenvalue weighted by Gasteiger charge is -2.09. The van der Waals surface area contributed by atoms with Crippen LogP contribution in [0.4, 0.5) is 4.79 Å². The van der Waals surface area contributed by atoms with E-state index < -0.39 is 0 Å². The summed E-state index contributed by atoms with van der Waals surface area (Å²) in [5, 5.41) is 6.03.